The summed E-state index contributed by atoms with van der Waals surface area (Å²) in [6.07, 6.45) is 2.66. The van der Waals surface area contributed by atoms with Gasteiger partial charge in [-0.05, 0) is 20.8 Å². The number of hydrogen-bond donors (Lipinski definition) is 2. The van der Waals surface area contributed by atoms with E-state index in [1.807, 2.05) is 11.6 Å². The van der Waals surface area contributed by atoms with Gasteiger partial charge in [-0.25, -0.2) is 0 Å². The van der Waals surface area contributed by atoms with Crippen molar-refractivity contribution in [3.63, 3.8) is 0 Å². The molecule has 0 fully saturated rings. The molecular weight excluding hydrogens is 202 g/mol. The molecule has 0 radical (unpaired) electrons. The summed E-state index contributed by atoms with van der Waals surface area (Å²) in [5.41, 5.74) is 0.200. The highest BCUT2D eigenvalue weighted by Gasteiger charge is 2.06. The summed E-state index contributed by atoms with van der Waals surface area (Å²) in [7, 11) is 1.97. The molecule has 0 aliphatic heterocycles. The van der Waals surface area contributed by atoms with Crippen LogP contribution in [0.4, 0.5) is 0 Å². The van der Waals surface area contributed by atoms with Crippen LogP contribution in [0.1, 0.15) is 26.6 Å². The van der Waals surface area contributed by atoms with Crippen molar-refractivity contribution >= 4 is 0 Å². The van der Waals surface area contributed by atoms with Crippen LogP contribution in [0.2, 0.25) is 0 Å². The lowest BCUT2D eigenvalue weighted by Crippen LogP contribution is -2.40. The Hall–Kier alpha value is -0.940. The van der Waals surface area contributed by atoms with Crippen LogP contribution < -0.4 is 10.6 Å². The second kappa shape index (κ2) is 5.96. The Morgan fingerprint density at radius 2 is 2.00 bits per heavy atom. The Bertz CT molecular complexity index is 300. The van der Waals surface area contributed by atoms with Crippen molar-refractivity contribution < 1.29 is 0 Å². The summed E-state index contributed by atoms with van der Waals surface area (Å²) in [6, 6.07) is 0. The lowest BCUT2D eigenvalue weighted by atomic mass is 10.1. The van der Waals surface area contributed by atoms with Gasteiger partial charge < -0.3 is 15.2 Å². The number of aryl methyl sites for hydroxylation is 1. The van der Waals surface area contributed by atoms with E-state index in [-0.39, 0.29) is 5.54 Å². The van der Waals surface area contributed by atoms with Crippen molar-refractivity contribution in [2.45, 2.75) is 32.7 Å². The quantitative estimate of drug-likeness (QED) is 0.685. The van der Waals surface area contributed by atoms with Gasteiger partial charge in [0.05, 0.1) is 0 Å². The molecule has 0 aliphatic carbocycles. The van der Waals surface area contributed by atoms with Gasteiger partial charge in [0.15, 0.2) is 0 Å². The first-order valence-electron chi connectivity index (χ1n) is 5.78. The van der Waals surface area contributed by atoms with Gasteiger partial charge >= 0.3 is 0 Å². The fourth-order valence-electron chi connectivity index (χ4n) is 1.38. The molecule has 2 N–H and O–H groups in total. The molecule has 0 unspecified atom stereocenters. The molecule has 16 heavy (non-hydrogen) atoms. The molecule has 1 aromatic rings. The zero-order chi connectivity index (χ0) is 12.0. The second-order valence-electron chi connectivity index (χ2n) is 5.03. The van der Waals surface area contributed by atoms with E-state index < -0.39 is 0 Å². The van der Waals surface area contributed by atoms with E-state index in [0.717, 1.165) is 31.9 Å². The van der Waals surface area contributed by atoms with Gasteiger partial charge in [-0.15, -0.1) is 10.2 Å². The molecule has 0 aliphatic rings. The van der Waals surface area contributed by atoms with Gasteiger partial charge in [0.1, 0.15) is 12.2 Å². The molecule has 1 aromatic heterocycles. The number of hydrogen-bond acceptors (Lipinski definition) is 4. The summed E-state index contributed by atoms with van der Waals surface area (Å²) in [6.45, 7) is 9.43. The first kappa shape index (κ1) is 13.1. The smallest absolute Gasteiger partial charge is 0.133 e. The molecule has 92 valence electrons. The predicted molar refractivity (Wildman–Crippen MR) is 65.3 cm³/mol. The van der Waals surface area contributed by atoms with Gasteiger partial charge in [0.2, 0.25) is 0 Å². The minimum absolute atomic E-state index is 0.200. The van der Waals surface area contributed by atoms with Crippen molar-refractivity contribution in [3.8, 4) is 0 Å². The van der Waals surface area contributed by atoms with Crippen LogP contribution in [-0.4, -0.2) is 39.9 Å². The Balaban J connectivity index is 2.03. The summed E-state index contributed by atoms with van der Waals surface area (Å²) in [4.78, 5) is 0. The molecule has 0 spiro atoms. The van der Waals surface area contributed by atoms with Crippen LogP contribution in [0.25, 0.3) is 0 Å². The number of aromatic nitrogens is 3. The number of rotatable bonds is 6. The monoisotopic (exact) mass is 225 g/mol. The maximum Gasteiger partial charge on any atom is 0.133 e. The molecular formula is C11H23N5. The zero-order valence-electron chi connectivity index (χ0n) is 10.7. The first-order chi connectivity index (χ1) is 7.49. The van der Waals surface area contributed by atoms with Crippen LogP contribution in [0.3, 0.4) is 0 Å². The van der Waals surface area contributed by atoms with Crippen molar-refractivity contribution in [3.05, 3.63) is 12.2 Å². The average Bonchev–Trinajstić information content (AvgIpc) is 2.56. The van der Waals surface area contributed by atoms with Gasteiger partial charge in [-0.2, -0.15) is 0 Å². The lowest BCUT2D eigenvalue weighted by molar-refractivity contribution is 0.421. The Morgan fingerprint density at radius 1 is 1.25 bits per heavy atom. The lowest BCUT2D eigenvalue weighted by Gasteiger charge is -2.20. The van der Waals surface area contributed by atoms with Crippen LogP contribution in [0.15, 0.2) is 6.33 Å². The van der Waals surface area contributed by atoms with E-state index in [9.17, 15) is 0 Å². The highest BCUT2D eigenvalue weighted by atomic mass is 15.2. The highest BCUT2D eigenvalue weighted by Crippen LogP contribution is 1.96. The normalized spacial score (nSPS) is 12.0. The molecule has 5 nitrogen and oxygen atoms in total. The molecule has 0 aromatic carbocycles. The minimum Gasteiger partial charge on any atom is -0.321 e. The van der Waals surface area contributed by atoms with E-state index in [2.05, 4.69) is 41.6 Å². The first-order valence-corrected chi connectivity index (χ1v) is 5.78. The maximum atomic E-state index is 4.03. The zero-order valence-corrected chi connectivity index (χ0v) is 10.7. The SMILES string of the molecule is Cn1cnnc1CCNCCNC(C)(C)C. The summed E-state index contributed by atoms with van der Waals surface area (Å²) in [5.74, 6) is 1.02. The predicted octanol–water partition coefficient (Wildman–Crippen LogP) is 0.335. The largest absolute Gasteiger partial charge is 0.321 e. The molecule has 1 rings (SSSR count). The molecule has 1 heterocycles. The van der Waals surface area contributed by atoms with E-state index in [1.165, 1.54) is 0 Å². The van der Waals surface area contributed by atoms with Crippen LogP contribution in [-0.2, 0) is 13.5 Å². The van der Waals surface area contributed by atoms with E-state index in [4.69, 9.17) is 0 Å². The second-order valence-corrected chi connectivity index (χ2v) is 5.03. The average molecular weight is 225 g/mol. The fraction of sp³-hybridized carbons (Fsp3) is 0.818. The van der Waals surface area contributed by atoms with Crippen LogP contribution in [0.5, 0.6) is 0 Å². The summed E-state index contributed by atoms with van der Waals surface area (Å²) < 4.78 is 1.95. The number of nitrogens with zero attached hydrogens (tertiary/aromatic N) is 3. The molecule has 0 atom stereocenters. The summed E-state index contributed by atoms with van der Waals surface area (Å²) >= 11 is 0. The molecule has 0 bridgehead atoms. The van der Waals surface area contributed by atoms with Gasteiger partial charge in [0, 0.05) is 38.6 Å². The third-order valence-electron chi connectivity index (χ3n) is 2.29. The van der Waals surface area contributed by atoms with E-state index in [0.29, 0.717) is 0 Å². The third-order valence-corrected chi connectivity index (χ3v) is 2.29. The Kier molecular flexibility index (Phi) is 4.89. The standard InChI is InChI=1S/C11H23N5/c1-11(2,3)13-8-7-12-6-5-10-15-14-9-16(10)4/h9,12-13H,5-8H2,1-4H3. The van der Waals surface area contributed by atoms with Crippen LogP contribution >= 0.6 is 0 Å². The third kappa shape index (κ3) is 5.23. The molecule has 0 saturated carbocycles. The Labute approximate surface area is 97.6 Å². The highest BCUT2D eigenvalue weighted by molar-refractivity contribution is 4.84. The van der Waals surface area contributed by atoms with E-state index >= 15 is 0 Å². The fourth-order valence-corrected chi connectivity index (χ4v) is 1.38. The van der Waals surface area contributed by atoms with Gasteiger partial charge in [-0.3, -0.25) is 0 Å². The number of nitrogens with one attached hydrogen (secondary N) is 2. The topological polar surface area (TPSA) is 54.8 Å². The van der Waals surface area contributed by atoms with Crippen LogP contribution in [0, 0.1) is 0 Å². The van der Waals surface area contributed by atoms with Crippen molar-refractivity contribution in [1.82, 2.24) is 25.4 Å². The van der Waals surface area contributed by atoms with Crippen molar-refractivity contribution in [2.24, 2.45) is 7.05 Å². The van der Waals surface area contributed by atoms with Crippen molar-refractivity contribution in [1.29, 1.82) is 0 Å². The minimum atomic E-state index is 0.200. The maximum absolute atomic E-state index is 4.03. The Morgan fingerprint density at radius 3 is 2.56 bits per heavy atom. The van der Waals surface area contributed by atoms with Crippen molar-refractivity contribution in [2.75, 3.05) is 19.6 Å². The summed E-state index contributed by atoms with van der Waals surface area (Å²) in [5, 5.41) is 14.7. The van der Waals surface area contributed by atoms with E-state index in [1.54, 1.807) is 6.33 Å². The molecule has 0 amide bonds. The van der Waals surface area contributed by atoms with Gasteiger partial charge in [0.25, 0.3) is 0 Å². The molecule has 5 heteroatoms. The van der Waals surface area contributed by atoms with Gasteiger partial charge in [-0.1, -0.05) is 0 Å². The molecule has 0 saturated heterocycles.